The summed E-state index contributed by atoms with van der Waals surface area (Å²) in [7, 11) is 0. The Balaban J connectivity index is -0.0000000549. The zero-order valence-corrected chi connectivity index (χ0v) is 30.0. The van der Waals surface area contributed by atoms with Gasteiger partial charge in [0.05, 0.1) is 0 Å². The predicted octanol–water partition coefficient (Wildman–Crippen LogP) is 14.3. The Morgan fingerprint density at radius 3 is 0.889 bits per heavy atom. The Morgan fingerprint density at radius 1 is 0.611 bits per heavy atom. The molecule has 0 aliphatic heterocycles. The first kappa shape index (κ1) is 51.9. The van der Waals surface area contributed by atoms with Gasteiger partial charge in [-0.05, 0) is 51.4 Å². The third-order valence-corrected chi connectivity index (χ3v) is 4.58. The number of hydrogen-bond acceptors (Lipinski definition) is 0. The third-order valence-electron chi connectivity index (χ3n) is 4.58. The summed E-state index contributed by atoms with van der Waals surface area (Å²) in [6, 6.07) is 0. The second-order valence-electron chi connectivity index (χ2n) is 11.9. The fourth-order valence-electron chi connectivity index (χ4n) is 0.884. The summed E-state index contributed by atoms with van der Waals surface area (Å²) in [5, 5.41) is 0. The maximum atomic E-state index is 2.86. The molecule has 0 atom stereocenters. The van der Waals surface area contributed by atoms with E-state index < -0.39 is 0 Å². The van der Waals surface area contributed by atoms with E-state index in [9.17, 15) is 0 Å². The van der Waals surface area contributed by atoms with Gasteiger partial charge in [-0.2, -0.15) is 0 Å². The van der Waals surface area contributed by atoms with Crippen molar-refractivity contribution in [3.05, 3.63) is 11.1 Å². The van der Waals surface area contributed by atoms with E-state index in [0.717, 1.165) is 18.3 Å². The first-order chi connectivity index (χ1) is 16.5. The molecule has 0 aromatic rings. The summed E-state index contributed by atoms with van der Waals surface area (Å²) in [5.74, 6) is 7.40. The van der Waals surface area contributed by atoms with Crippen LogP contribution < -0.4 is 0 Å². The molecule has 0 unspecified atom stereocenters. The predicted molar refractivity (Wildman–Crippen MR) is 179 cm³/mol. The lowest BCUT2D eigenvalue weighted by Gasteiger charge is -2.05. The van der Waals surface area contributed by atoms with E-state index in [-0.39, 0.29) is 0 Å². The van der Waals surface area contributed by atoms with Gasteiger partial charge in [0.1, 0.15) is 0 Å². The van der Waals surface area contributed by atoms with E-state index in [4.69, 9.17) is 0 Å². The highest BCUT2D eigenvalue weighted by Gasteiger charge is 1.95. The Morgan fingerprint density at radius 2 is 0.889 bits per heavy atom. The van der Waals surface area contributed by atoms with Crippen LogP contribution in [0.5, 0.6) is 0 Å². The van der Waals surface area contributed by atoms with Crippen LogP contribution in [0.3, 0.4) is 0 Å². The maximum absolute atomic E-state index is 2.86. The summed E-state index contributed by atoms with van der Waals surface area (Å²) in [6.07, 6.45) is 11.5. The molecule has 0 nitrogen and oxygen atoms in total. The van der Waals surface area contributed by atoms with Crippen molar-refractivity contribution in [2.24, 2.45) is 17.3 Å². The van der Waals surface area contributed by atoms with Crippen LogP contribution >= 0.6 is 0 Å². The van der Waals surface area contributed by atoms with Gasteiger partial charge in [0.15, 0.2) is 0 Å². The van der Waals surface area contributed by atoms with Crippen molar-refractivity contribution in [2.75, 3.05) is 0 Å². The minimum atomic E-state index is 0.500. The molecule has 0 aliphatic carbocycles. The highest BCUT2D eigenvalue weighted by atomic mass is 14.0. The fraction of sp³-hybridized carbons (Fsp3) is 0.889. The molecule has 0 saturated carbocycles. The van der Waals surface area contributed by atoms with Crippen LogP contribution in [0.15, 0.2) is 11.1 Å². The monoisotopic (exact) mass is 513 g/mol. The molecule has 0 aromatic heterocycles. The molecular formula is C36H80. The number of unbranched alkanes of at least 4 members (excludes halogenated alkanes) is 3. The molecule has 224 valence electrons. The van der Waals surface area contributed by atoms with Crippen LogP contribution in [0.1, 0.15) is 196 Å². The van der Waals surface area contributed by atoms with Crippen LogP contribution in [0.4, 0.5) is 0 Å². The summed E-state index contributed by atoms with van der Waals surface area (Å²) >= 11 is 0. The topological polar surface area (TPSA) is 0 Å². The van der Waals surface area contributed by atoms with E-state index >= 15 is 0 Å². The van der Waals surface area contributed by atoms with Gasteiger partial charge in [-0.25, -0.2) is 0 Å². The third kappa shape index (κ3) is 170. The quantitative estimate of drug-likeness (QED) is 0.245. The fourth-order valence-corrected chi connectivity index (χ4v) is 0.884. The minimum absolute atomic E-state index is 0.500. The van der Waals surface area contributed by atoms with Gasteiger partial charge in [-0.3, -0.25) is 0 Å². The molecule has 0 rings (SSSR count). The van der Waals surface area contributed by atoms with Crippen LogP contribution in [-0.4, -0.2) is 0 Å². The van der Waals surface area contributed by atoms with E-state index in [1.54, 1.807) is 0 Å². The van der Waals surface area contributed by atoms with Crippen molar-refractivity contribution >= 4 is 0 Å². The molecule has 36 heavy (non-hydrogen) atoms. The average molecular weight is 513 g/mol. The molecule has 0 bridgehead atoms. The van der Waals surface area contributed by atoms with Gasteiger partial charge >= 0.3 is 0 Å². The lowest BCUT2D eigenvalue weighted by molar-refractivity contribution is 0.469. The standard InChI is InChI=1S/C7H14.4C5H12.C5H8.C4H10/c1-5-7(4)6(2)3;1-5(2,3)4;2*1-4-5(2)3;2*1-3-5-4-2;1-3-4-2/h5H2,1-4H3;1-4H3;2*5H,4H2,1-3H3;3-5H2,1-2H3;3H2,1-2H3;3-4H2,1-2H3. The first-order valence-electron chi connectivity index (χ1n) is 15.5. The second-order valence-corrected chi connectivity index (χ2v) is 11.9. The molecular weight excluding hydrogens is 432 g/mol. The summed E-state index contributed by atoms with van der Waals surface area (Å²) in [6.45, 7) is 43.4. The van der Waals surface area contributed by atoms with Gasteiger partial charge in [0.2, 0.25) is 0 Å². The summed E-state index contributed by atoms with van der Waals surface area (Å²) in [5.41, 5.74) is 3.47. The molecule has 0 radical (unpaired) electrons. The van der Waals surface area contributed by atoms with Crippen molar-refractivity contribution < 1.29 is 0 Å². The van der Waals surface area contributed by atoms with Crippen LogP contribution in [-0.2, 0) is 0 Å². The van der Waals surface area contributed by atoms with Crippen molar-refractivity contribution in [1.29, 1.82) is 0 Å². The molecule has 0 aromatic carbocycles. The molecule has 0 heterocycles. The minimum Gasteiger partial charge on any atom is -0.107 e. The van der Waals surface area contributed by atoms with Gasteiger partial charge in [0.25, 0.3) is 0 Å². The van der Waals surface area contributed by atoms with E-state index in [1.165, 1.54) is 62.5 Å². The molecule has 0 heteroatoms. The van der Waals surface area contributed by atoms with Gasteiger partial charge < -0.3 is 0 Å². The Labute approximate surface area is 236 Å². The van der Waals surface area contributed by atoms with Crippen LogP contribution in [0.2, 0.25) is 0 Å². The highest BCUT2D eigenvalue weighted by molar-refractivity contribution is 5.05. The SMILES string of the molecule is CC#CCC.CC(C)(C)C.CCC(C)=C(C)C.CCC(C)C.CCC(C)C.CCCC.CCCCC. The van der Waals surface area contributed by atoms with Gasteiger partial charge in [-0.1, -0.05) is 167 Å². The van der Waals surface area contributed by atoms with Crippen LogP contribution in [0, 0.1) is 29.1 Å². The van der Waals surface area contributed by atoms with Crippen molar-refractivity contribution in [1.82, 2.24) is 0 Å². The highest BCUT2D eigenvalue weighted by Crippen LogP contribution is 2.08. The van der Waals surface area contributed by atoms with Gasteiger partial charge in [0, 0.05) is 6.42 Å². The van der Waals surface area contributed by atoms with Crippen molar-refractivity contribution in [3.63, 3.8) is 0 Å². The molecule has 0 saturated heterocycles. The molecule has 0 N–H and O–H groups in total. The largest absolute Gasteiger partial charge is 0.107 e. The van der Waals surface area contributed by atoms with Gasteiger partial charge in [-0.15, -0.1) is 11.8 Å². The Bertz CT molecular complexity index is 382. The Hall–Kier alpha value is -0.700. The number of rotatable bonds is 6. The molecule has 0 spiro atoms. The van der Waals surface area contributed by atoms with Crippen molar-refractivity contribution in [3.8, 4) is 11.8 Å². The second kappa shape index (κ2) is 47.5. The number of allylic oxidation sites excluding steroid dienone is 2. The lowest BCUT2D eigenvalue weighted by atomic mass is 10.0. The molecule has 0 fully saturated rings. The van der Waals surface area contributed by atoms with E-state index in [1.807, 2.05) is 13.8 Å². The number of hydrogen-bond donors (Lipinski definition) is 0. The van der Waals surface area contributed by atoms with Crippen LogP contribution in [0.25, 0.3) is 0 Å². The lowest BCUT2D eigenvalue weighted by Crippen LogP contribution is -1.93. The first-order valence-corrected chi connectivity index (χ1v) is 15.5. The molecule has 0 amide bonds. The molecule has 0 aliphatic rings. The zero-order valence-electron chi connectivity index (χ0n) is 30.0. The van der Waals surface area contributed by atoms with E-state index in [0.29, 0.717) is 5.41 Å². The normalized spacial score (nSPS) is 8.72. The summed E-state index contributed by atoms with van der Waals surface area (Å²) < 4.78 is 0. The van der Waals surface area contributed by atoms with Crippen molar-refractivity contribution in [2.45, 2.75) is 196 Å². The average Bonchev–Trinajstić information content (AvgIpc) is 2.80. The van der Waals surface area contributed by atoms with E-state index in [2.05, 4.69) is 136 Å². The Kier molecular flexibility index (Phi) is 68.4. The zero-order chi connectivity index (χ0) is 30.6. The summed E-state index contributed by atoms with van der Waals surface area (Å²) in [4.78, 5) is 0. The maximum Gasteiger partial charge on any atom is 0.00601 e. The smallest absolute Gasteiger partial charge is 0.00601 e.